The van der Waals surface area contributed by atoms with E-state index in [1.807, 2.05) is 11.7 Å². The first-order valence-electron chi connectivity index (χ1n) is 6.78. The zero-order valence-corrected chi connectivity index (χ0v) is 12.5. The predicted octanol–water partition coefficient (Wildman–Crippen LogP) is 3.20. The lowest BCUT2D eigenvalue weighted by atomic mass is 10.1. The number of hydrogen-bond donors (Lipinski definition) is 1. The van der Waals surface area contributed by atoms with E-state index in [1.54, 1.807) is 0 Å². The Bertz CT molecular complexity index is 569. The molecular formula is C16H23N3. The van der Waals surface area contributed by atoms with Crippen LogP contribution in [0.15, 0.2) is 24.3 Å². The maximum Gasteiger partial charge on any atom is 0.0641 e. The van der Waals surface area contributed by atoms with E-state index >= 15 is 0 Å². The van der Waals surface area contributed by atoms with Crippen LogP contribution >= 0.6 is 0 Å². The molecule has 0 aliphatic rings. The molecule has 0 radical (unpaired) electrons. The molecule has 0 aliphatic heterocycles. The molecule has 102 valence electrons. The second-order valence-electron chi connectivity index (χ2n) is 5.29. The Balaban J connectivity index is 2.06. The van der Waals surface area contributed by atoms with Crippen molar-refractivity contribution in [2.24, 2.45) is 7.05 Å². The van der Waals surface area contributed by atoms with Crippen LogP contribution in [0.3, 0.4) is 0 Å². The van der Waals surface area contributed by atoms with Crippen molar-refractivity contribution in [1.29, 1.82) is 0 Å². The highest BCUT2D eigenvalue weighted by atomic mass is 15.3. The summed E-state index contributed by atoms with van der Waals surface area (Å²) in [5.41, 5.74) is 6.30. The van der Waals surface area contributed by atoms with Crippen molar-refractivity contribution in [3.63, 3.8) is 0 Å². The predicted molar refractivity (Wildman–Crippen MR) is 79.1 cm³/mol. The molecule has 0 saturated heterocycles. The largest absolute Gasteiger partial charge is 0.306 e. The molecule has 1 aromatic carbocycles. The molecule has 0 amide bonds. The molecule has 0 unspecified atom stereocenters. The van der Waals surface area contributed by atoms with Gasteiger partial charge in [0, 0.05) is 30.9 Å². The van der Waals surface area contributed by atoms with Crippen molar-refractivity contribution in [3.05, 3.63) is 52.3 Å². The standard InChI is InChI=1S/C16H23N3/c1-11-7-6-8-15(9-11)12(2)17-10-16-13(3)18-19(5)14(16)4/h6-9,12,17H,10H2,1-5H3/t12-/m1/s1. The van der Waals surface area contributed by atoms with Crippen LogP contribution in [0.4, 0.5) is 0 Å². The van der Waals surface area contributed by atoms with E-state index in [0.29, 0.717) is 6.04 Å². The lowest BCUT2D eigenvalue weighted by Gasteiger charge is -2.15. The summed E-state index contributed by atoms with van der Waals surface area (Å²) in [5.74, 6) is 0. The number of aromatic nitrogens is 2. The van der Waals surface area contributed by atoms with E-state index in [9.17, 15) is 0 Å². The second-order valence-corrected chi connectivity index (χ2v) is 5.29. The number of benzene rings is 1. The molecule has 0 spiro atoms. The Morgan fingerprint density at radius 2 is 2.00 bits per heavy atom. The first kappa shape index (κ1) is 13.8. The fraction of sp³-hybridized carbons (Fsp3) is 0.438. The van der Waals surface area contributed by atoms with Gasteiger partial charge in [0.1, 0.15) is 0 Å². The Morgan fingerprint density at radius 3 is 2.58 bits per heavy atom. The van der Waals surface area contributed by atoms with Gasteiger partial charge >= 0.3 is 0 Å². The SMILES string of the molecule is Cc1cccc([C@@H](C)NCc2c(C)nn(C)c2C)c1. The minimum absolute atomic E-state index is 0.346. The molecule has 0 aliphatic carbocycles. The summed E-state index contributed by atoms with van der Waals surface area (Å²) < 4.78 is 1.95. The van der Waals surface area contributed by atoms with E-state index < -0.39 is 0 Å². The first-order valence-corrected chi connectivity index (χ1v) is 6.78. The molecule has 0 fully saturated rings. The maximum atomic E-state index is 4.45. The van der Waals surface area contributed by atoms with Gasteiger partial charge in [-0.25, -0.2) is 0 Å². The summed E-state index contributed by atoms with van der Waals surface area (Å²) in [7, 11) is 2.00. The van der Waals surface area contributed by atoms with Gasteiger partial charge in [-0.2, -0.15) is 5.10 Å². The van der Waals surface area contributed by atoms with Crippen LogP contribution in [0, 0.1) is 20.8 Å². The molecule has 3 nitrogen and oxygen atoms in total. The Hall–Kier alpha value is -1.61. The third-order valence-corrected chi connectivity index (χ3v) is 3.79. The van der Waals surface area contributed by atoms with Crippen molar-refractivity contribution in [1.82, 2.24) is 15.1 Å². The highest BCUT2D eigenvalue weighted by Crippen LogP contribution is 2.17. The highest BCUT2D eigenvalue weighted by Gasteiger charge is 2.11. The summed E-state index contributed by atoms with van der Waals surface area (Å²) in [6, 6.07) is 9.00. The van der Waals surface area contributed by atoms with Gasteiger partial charge in [-0.15, -0.1) is 0 Å². The number of nitrogens with one attached hydrogen (secondary N) is 1. The normalized spacial score (nSPS) is 12.7. The molecule has 2 aromatic rings. The van der Waals surface area contributed by atoms with Crippen LogP contribution in [-0.4, -0.2) is 9.78 Å². The zero-order chi connectivity index (χ0) is 14.0. The van der Waals surface area contributed by atoms with Crippen LogP contribution in [0.2, 0.25) is 0 Å². The zero-order valence-electron chi connectivity index (χ0n) is 12.5. The highest BCUT2D eigenvalue weighted by molar-refractivity contribution is 5.26. The molecule has 19 heavy (non-hydrogen) atoms. The van der Waals surface area contributed by atoms with Crippen molar-refractivity contribution >= 4 is 0 Å². The Morgan fingerprint density at radius 1 is 1.26 bits per heavy atom. The average Bonchev–Trinajstić information content (AvgIpc) is 2.61. The molecule has 3 heteroatoms. The molecule has 1 heterocycles. The molecule has 0 bridgehead atoms. The minimum Gasteiger partial charge on any atom is -0.306 e. The Kier molecular flexibility index (Phi) is 4.05. The number of rotatable bonds is 4. The third kappa shape index (κ3) is 3.04. The van der Waals surface area contributed by atoms with Gasteiger partial charge in [0.25, 0.3) is 0 Å². The molecule has 1 aromatic heterocycles. The molecule has 0 saturated carbocycles. The van der Waals surface area contributed by atoms with E-state index in [-0.39, 0.29) is 0 Å². The smallest absolute Gasteiger partial charge is 0.0641 e. The van der Waals surface area contributed by atoms with E-state index in [0.717, 1.165) is 12.2 Å². The number of nitrogens with zero attached hydrogens (tertiary/aromatic N) is 2. The lowest BCUT2D eigenvalue weighted by Crippen LogP contribution is -2.19. The minimum atomic E-state index is 0.346. The number of hydrogen-bond acceptors (Lipinski definition) is 2. The summed E-state index contributed by atoms with van der Waals surface area (Å²) >= 11 is 0. The molecule has 2 rings (SSSR count). The van der Waals surface area contributed by atoms with Gasteiger partial charge in [0.2, 0.25) is 0 Å². The monoisotopic (exact) mass is 257 g/mol. The summed E-state index contributed by atoms with van der Waals surface area (Å²) in [4.78, 5) is 0. The lowest BCUT2D eigenvalue weighted by molar-refractivity contribution is 0.571. The van der Waals surface area contributed by atoms with E-state index in [1.165, 1.54) is 22.4 Å². The van der Waals surface area contributed by atoms with Gasteiger partial charge in [-0.05, 0) is 33.3 Å². The Labute approximate surface area is 115 Å². The molecule has 1 N–H and O–H groups in total. The molecular weight excluding hydrogens is 234 g/mol. The summed E-state index contributed by atoms with van der Waals surface area (Å²) in [6.07, 6.45) is 0. The van der Waals surface area contributed by atoms with Crippen molar-refractivity contribution in [2.45, 2.75) is 40.3 Å². The summed E-state index contributed by atoms with van der Waals surface area (Å²) in [5, 5.41) is 8.04. The van der Waals surface area contributed by atoms with Crippen molar-refractivity contribution < 1.29 is 0 Å². The quantitative estimate of drug-likeness (QED) is 0.911. The average molecular weight is 257 g/mol. The molecule has 1 atom stereocenters. The fourth-order valence-corrected chi connectivity index (χ4v) is 2.39. The van der Waals surface area contributed by atoms with Crippen LogP contribution in [-0.2, 0) is 13.6 Å². The second kappa shape index (κ2) is 5.57. The van der Waals surface area contributed by atoms with Crippen LogP contribution < -0.4 is 5.32 Å². The summed E-state index contributed by atoms with van der Waals surface area (Å²) in [6.45, 7) is 9.39. The van der Waals surface area contributed by atoms with Gasteiger partial charge in [-0.1, -0.05) is 29.8 Å². The van der Waals surface area contributed by atoms with Crippen molar-refractivity contribution in [2.75, 3.05) is 0 Å². The van der Waals surface area contributed by atoms with Gasteiger partial charge in [0.05, 0.1) is 5.69 Å². The topological polar surface area (TPSA) is 29.9 Å². The van der Waals surface area contributed by atoms with E-state index in [4.69, 9.17) is 0 Å². The van der Waals surface area contributed by atoms with Crippen LogP contribution in [0.5, 0.6) is 0 Å². The maximum absolute atomic E-state index is 4.45. The fourth-order valence-electron chi connectivity index (χ4n) is 2.39. The third-order valence-electron chi connectivity index (χ3n) is 3.79. The van der Waals surface area contributed by atoms with Crippen LogP contribution in [0.25, 0.3) is 0 Å². The van der Waals surface area contributed by atoms with Gasteiger partial charge in [-0.3, -0.25) is 4.68 Å². The van der Waals surface area contributed by atoms with Gasteiger partial charge < -0.3 is 5.32 Å². The van der Waals surface area contributed by atoms with Crippen molar-refractivity contribution in [3.8, 4) is 0 Å². The first-order chi connectivity index (χ1) is 8.99. The number of aryl methyl sites for hydroxylation is 3. The van der Waals surface area contributed by atoms with E-state index in [2.05, 4.69) is 62.4 Å². The van der Waals surface area contributed by atoms with Gasteiger partial charge in [0.15, 0.2) is 0 Å². The van der Waals surface area contributed by atoms with Crippen LogP contribution in [0.1, 0.15) is 41.0 Å².